The van der Waals surface area contributed by atoms with Crippen LogP contribution in [0.2, 0.25) is 0 Å². The Morgan fingerprint density at radius 3 is 2.50 bits per heavy atom. The summed E-state index contributed by atoms with van der Waals surface area (Å²) in [6, 6.07) is 9.85. The molecule has 1 atom stereocenters. The van der Waals surface area contributed by atoms with E-state index in [2.05, 4.69) is 57.8 Å². The lowest BCUT2D eigenvalue weighted by Gasteiger charge is -2.24. The first-order valence-electron chi connectivity index (χ1n) is 6.18. The lowest BCUT2D eigenvalue weighted by Crippen LogP contribution is -2.29. The van der Waals surface area contributed by atoms with Gasteiger partial charge in [-0.15, -0.1) is 11.3 Å². The third-order valence-electron chi connectivity index (χ3n) is 3.24. The molecule has 0 aliphatic rings. The van der Waals surface area contributed by atoms with E-state index in [-0.39, 0.29) is 11.9 Å². The van der Waals surface area contributed by atoms with E-state index in [1.807, 2.05) is 25.2 Å². The number of thiophene rings is 1. The molecule has 2 rings (SSSR count). The summed E-state index contributed by atoms with van der Waals surface area (Å²) in [5.41, 5.74) is 0.677. The van der Waals surface area contributed by atoms with Gasteiger partial charge in [-0.25, -0.2) is 0 Å². The number of benzene rings is 1. The molecule has 1 unspecified atom stereocenters. The number of carbonyl (C=O) groups excluding carboxylic acids is 1. The second-order valence-corrected chi connectivity index (χ2v) is 7.75. The molecular formula is C15H15Br2NOS. The standard InChI is InChI=1S/C15H15Br2NOS/c1-9-4-7-14(20-9)10(2)18(3)15(19)12-6-5-11(16)8-13(12)17/h4-8,10H,1-3H3. The van der Waals surface area contributed by atoms with Crippen LogP contribution in [-0.4, -0.2) is 17.9 Å². The number of aryl methyl sites for hydroxylation is 1. The molecule has 20 heavy (non-hydrogen) atoms. The second-order valence-electron chi connectivity index (χ2n) is 4.66. The molecule has 5 heteroatoms. The Balaban J connectivity index is 2.24. The highest BCUT2D eigenvalue weighted by Crippen LogP contribution is 2.29. The predicted molar refractivity (Wildman–Crippen MR) is 91.4 cm³/mol. The van der Waals surface area contributed by atoms with Crippen molar-refractivity contribution in [3.05, 3.63) is 54.6 Å². The Labute approximate surface area is 140 Å². The summed E-state index contributed by atoms with van der Waals surface area (Å²) in [6.45, 7) is 4.13. The SMILES string of the molecule is Cc1ccc(C(C)N(C)C(=O)c2ccc(Br)cc2Br)s1. The van der Waals surface area contributed by atoms with Gasteiger partial charge in [-0.3, -0.25) is 4.79 Å². The molecule has 2 aromatic rings. The van der Waals surface area contributed by atoms with Crippen molar-refractivity contribution in [3.8, 4) is 0 Å². The van der Waals surface area contributed by atoms with Crippen LogP contribution in [0, 0.1) is 6.92 Å². The monoisotopic (exact) mass is 415 g/mol. The number of halogens is 2. The van der Waals surface area contributed by atoms with Crippen LogP contribution in [0.25, 0.3) is 0 Å². The lowest BCUT2D eigenvalue weighted by molar-refractivity contribution is 0.0744. The third kappa shape index (κ3) is 3.32. The minimum atomic E-state index is 0.0166. The fraction of sp³-hybridized carbons (Fsp3) is 0.267. The maximum Gasteiger partial charge on any atom is 0.255 e. The largest absolute Gasteiger partial charge is 0.334 e. The minimum Gasteiger partial charge on any atom is -0.334 e. The van der Waals surface area contributed by atoms with Crippen LogP contribution >= 0.6 is 43.2 Å². The summed E-state index contributed by atoms with van der Waals surface area (Å²) in [5, 5.41) is 0. The number of rotatable bonds is 3. The third-order valence-corrected chi connectivity index (χ3v) is 5.56. The van der Waals surface area contributed by atoms with Crippen LogP contribution in [0.5, 0.6) is 0 Å². The van der Waals surface area contributed by atoms with E-state index < -0.39 is 0 Å². The van der Waals surface area contributed by atoms with Gasteiger partial charge < -0.3 is 4.90 Å². The van der Waals surface area contributed by atoms with E-state index in [4.69, 9.17) is 0 Å². The molecule has 1 amide bonds. The van der Waals surface area contributed by atoms with E-state index in [0.29, 0.717) is 5.56 Å². The molecule has 0 bridgehead atoms. The fourth-order valence-corrected chi connectivity index (χ4v) is 4.09. The van der Waals surface area contributed by atoms with Crippen LogP contribution < -0.4 is 0 Å². The van der Waals surface area contributed by atoms with Crippen LogP contribution in [-0.2, 0) is 0 Å². The molecule has 1 heterocycles. The molecule has 1 aromatic carbocycles. The van der Waals surface area contributed by atoms with Crippen LogP contribution in [0.4, 0.5) is 0 Å². The van der Waals surface area contributed by atoms with Crippen molar-refractivity contribution in [2.45, 2.75) is 19.9 Å². The van der Waals surface area contributed by atoms with Gasteiger partial charge in [0.1, 0.15) is 0 Å². The Kier molecular flexibility index (Phi) is 5.04. The summed E-state index contributed by atoms with van der Waals surface area (Å²) < 4.78 is 1.75. The van der Waals surface area contributed by atoms with Gasteiger partial charge in [-0.1, -0.05) is 15.9 Å². The minimum absolute atomic E-state index is 0.0166. The first-order chi connectivity index (χ1) is 9.40. The zero-order valence-electron chi connectivity index (χ0n) is 11.5. The molecule has 0 radical (unpaired) electrons. The van der Waals surface area contributed by atoms with Gasteiger partial charge in [0, 0.05) is 25.7 Å². The van der Waals surface area contributed by atoms with E-state index in [0.717, 1.165) is 8.95 Å². The molecule has 0 fully saturated rings. The topological polar surface area (TPSA) is 20.3 Å². The number of amides is 1. The van der Waals surface area contributed by atoms with Crippen molar-refractivity contribution in [1.82, 2.24) is 4.90 Å². The summed E-state index contributed by atoms with van der Waals surface area (Å²) in [6.07, 6.45) is 0. The van der Waals surface area contributed by atoms with Crippen LogP contribution in [0.1, 0.15) is 33.1 Å². The first kappa shape index (κ1) is 15.7. The highest BCUT2D eigenvalue weighted by atomic mass is 79.9. The van der Waals surface area contributed by atoms with Gasteiger partial charge in [0.25, 0.3) is 5.91 Å². The average molecular weight is 417 g/mol. The normalized spacial score (nSPS) is 12.2. The van der Waals surface area contributed by atoms with E-state index >= 15 is 0 Å². The van der Waals surface area contributed by atoms with Gasteiger partial charge in [0.05, 0.1) is 11.6 Å². The van der Waals surface area contributed by atoms with Gasteiger partial charge in [0.2, 0.25) is 0 Å². The average Bonchev–Trinajstić information content (AvgIpc) is 2.83. The summed E-state index contributed by atoms with van der Waals surface area (Å²) in [5.74, 6) is 0.0166. The molecule has 0 aliphatic carbocycles. The zero-order chi connectivity index (χ0) is 14.9. The van der Waals surface area contributed by atoms with Crippen molar-refractivity contribution in [2.75, 3.05) is 7.05 Å². The zero-order valence-corrected chi connectivity index (χ0v) is 15.5. The van der Waals surface area contributed by atoms with Crippen LogP contribution in [0.15, 0.2) is 39.3 Å². The molecule has 0 saturated carbocycles. The van der Waals surface area contributed by atoms with Gasteiger partial charge >= 0.3 is 0 Å². The number of nitrogens with zero attached hydrogens (tertiary/aromatic N) is 1. The van der Waals surface area contributed by atoms with Crippen molar-refractivity contribution >= 4 is 49.1 Å². The Hall–Kier alpha value is -0.650. The van der Waals surface area contributed by atoms with E-state index in [1.165, 1.54) is 9.75 Å². The lowest BCUT2D eigenvalue weighted by atomic mass is 10.1. The van der Waals surface area contributed by atoms with Gasteiger partial charge in [-0.2, -0.15) is 0 Å². The van der Waals surface area contributed by atoms with Crippen molar-refractivity contribution in [1.29, 1.82) is 0 Å². The highest BCUT2D eigenvalue weighted by molar-refractivity contribution is 9.11. The quantitative estimate of drug-likeness (QED) is 0.654. The first-order valence-corrected chi connectivity index (χ1v) is 8.59. The molecule has 1 aromatic heterocycles. The molecule has 0 saturated heterocycles. The second kappa shape index (κ2) is 6.41. The summed E-state index contributed by atoms with van der Waals surface area (Å²) in [7, 11) is 1.84. The number of hydrogen-bond acceptors (Lipinski definition) is 2. The molecular weight excluding hydrogens is 402 g/mol. The predicted octanol–water partition coefficient (Wildman–Crippen LogP) is 5.41. The maximum absolute atomic E-state index is 12.6. The molecule has 106 valence electrons. The molecule has 0 aliphatic heterocycles. The van der Waals surface area contributed by atoms with E-state index in [9.17, 15) is 4.79 Å². The highest BCUT2D eigenvalue weighted by Gasteiger charge is 2.21. The number of hydrogen-bond donors (Lipinski definition) is 0. The van der Waals surface area contributed by atoms with Crippen molar-refractivity contribution in [2.24, 2.45) is 0 Å². The maximum atomic E-state index is 12.6. The number of carbonyl (C=O) groups is 1. The Bertz CT molecular complexity index is 639. The molecule has 0 N–H and O–H groups in total. The smallest absolute Gasteiger partial charge is 0.255 e. The van der Waals surface area contributed by atoms with Crippen LogP contribution in [0.3, 0.4) is 0 Å². The van der Waals surface area contributed by atoms with E-state index in [1.54, 1.807) is 16.2 Å². The molecule has 2 nitrogen and oxygen atoms in total. The van der Waals surface area contributed by atoms with Gasteiger partial charge in [-0.05, 0) is 60.1 Å². The Morgan fingerprint density at radius 2 is 1.95 bits per heavy atom. The van der Waals surface area contributed by atoms with Crippen molar-refractivity contribution in [3.63, 3.8) is 0 Å². The van der Waals surface area contributed by atoms with Crippen molar-refractivity contribution < 1.29 is 4.79 Å². The Morgan fingerprint density at radius 1 is 1.25 bits per heavy atom. The summed E-state index contributed by atoms with van der Waals surface area (Å²) >= 11 is 8.58. The summed E-state index contributed by atoms with van der Waals surface area (Å²) in [4.78, 5) is 16.8. The van der Waals surface area contributed by atoms with Gasteiger partial charge in [0.15, 0.2) is 0 Å². The molecule has 0 spiro atoms. The fourth-order valence-electron chi connectivity index (χ4n) is 1.90.